The summed E-state index contributed by atoms with van der Waals surface area (Å²) in [5.74, 6) is 1.01. The quantitative estimate of drug-likeness (QED) is 0.879. The predicted molar refractivity (Wildman–Crippen MR) is 71.8 cm³/mol. The molecule has 0 unspecified atom stereocenters. The van der Waals surface area contributed by atoms with Gasteiger partial charge in [-0.15, -0.1) is 0 Å². The molecule has 94 valence electrons. The highest BCUT2D eigenvalue weighted by molar-refractivity contribution is 5.63. The molecule has 1 fully saturated rings. The van der Waals surface area contributed by atoms with Crippen LogP contribution in [0.4, 0.5) is 5.82 Å². The fraction of sp³-hybridized carbons (Fsp3) is 0.357. The second-order valence-corrected chi connectivity index (χ2v) is 4.61. The van der Waals surface area contributed by atoms with Crippen LogP contribution in [0.25, 0.3) is 11.3 Å². The third-order valence-corrected chi connectivity index (χ3v) is 3.26. The summed E-state index contributed by atoms with van der Waals surface area (Å²) in [6.07, 6.45) is 0. The van der Waals surface area contributed by atoms with Gasteiger partial charge in [0.25, 0.3) is 0 Å². The fourth-order valence-electron chi connectivity index (χ4n) is 2.15. The van der Waals surface area contributed by atoms with Gasteiger partial charge in [0.2, 0.25) is 0 Å². The summed E-state index contributed by atoms with van der Waals surface area (Å²) in [6.45, 7) is 5.49. The van der Waals surface area contributed by atoms with Crippen molar-refractivity contribution in [1.82, 2.24) is 10.2 Å². The lowest BCUT2D eigenvalue weighted by Gasteiger charge is -2.26. The molecule has 2 heterocycles. The number of nitrogens with one attached hydrogen (secondary N) is 1. The minimum atomic E-state index is 0.784. The van der Waals surface area contributed by atoms with E-state index in [9.17, 15) is 0 Å². The summed E-state index contributed by atoms with van der Waals surface area (Å²) >= 11 is 0. The maximum Gasteiger partial charge on any atom is 0.151 e. The second kappa shape index (κ2) is 4.82. The molecular weight excluding hydrogens is 226 g/mol. The van der Waals surface area contributed by atoms with Gasteiger partial charge in [-0.1, -0.05) is 29.8 Å². The van der Waals surface area contributed by atoms with Crippen LogP contribution in [0, 0.1) is 6.92 Å². The molecule has 0 saturated carbocycles. The highest BCUT2D eigenvalue weighted by Crippen LogP contribution is 2.22. The Morgan fingerprint density at radius 1 is 1.17 bits per heavy atom. The molecule has 1 N–H and O–H groups in total. The lowest BCUT2D eigenvalue weighted by Crippen LogP contribution is -2.36. The Balaban J connectivity index is 1.82. The van der Waals surface area contributed by atoms with Crippen LogP contribution in [0.15, 0.2) is 30.3 Å². The molecule has 3 rings (SSSR count). The highest BCUT2D eigenvalue weighted by atomic mass is 16.5. The lowest BCUT2D eigenvalue weighted by molar-refractivity contribution is 0.122. The number of anilines is 1. The van der Waals surface area contributed by atoms with Crippen molar-refractivity contribution in [2.75, 3.05) is 31.2 Å². The minimum Gasteiger partial charge on any atom is -0.378 e. The van der Waals surface area contributed by atoms with Crippen molar-refractivity contribution in [2.45, 2.75) is 6.92 Å². The molecule has 1 aliphatic rings. The Bertz CT molecular complexity index is 512. The first-order valence-corrected chi connectivity index (χ1v) is 6.28. The molecule has 0 spiro atoms. The maximum absolute atomic E-state index is 5.35. The molecule has 18 heavy (non-hydrogen) atoms. The van der Waals surface area contributed by atoms with Crippen molar-refractivity contribution in [3.05, 3.63) is 35.9 Å². The van der Waals surface area contributed by atoms with Crippen molar-refractivity contribution < 1.29 is 4.74 Å². The summed E-state index contributed by atoms with van der Waals surface area (Å²) in [4.78, 5) is 2.25. The number of ether oxygens (including phenoxy) is 1. The number of aryl methyl sites for hydroxylation is 1. The van der Waals surface area contributed by atoms with Crippen LogP contribution >= 0.6 is 0 Å². The smallest absolute Gasteiger partial charge is 0.151 e. The Morgan fingerprint density at radius 3 is 2.61 bits per heavy atom. The minimum absolute atomic E-state index is 0.784. The Kier molecular flexibility index (Phi) is 3.02. The van der Waals surface area contributed by atoms with Gasteiger partial charge < -0.3 is 9.64 Å². The van der Waals surface area contributed by atoms with E-state index < -0.39 is 0 Å². The van der Waals surface area contributed by atoms with E-state index in [1.54, 1.807) is 0 Å². The first kappa shape index (κ1) is 11.3. The van der Waals surface area contributed by atoms with Gasteiger partial charge in [-0.3, -0.25) is 5.10 Å². The first-order chi connectivity index (χ1) is 8.83. The first-order valence-electron chi connectivity index (χ1n) is 6.28. The molecular formula is C14H17N3O. The van der Waals surface area contributed by atoms with Gasteiger partial charge in [-0.2, -0.15) is 5.10 Å². The second-order valence-electron chi connectivity index (χ2n) is 4.61. The molecule has 1 aliphatic heterocycles. The average molecular weight is 243 g/mol. The van der Waals surface area contributed by atoms with Crippen LogP contribution in [0.5, 0.6) is 0 Å². The molecule has 0 bridgehead atoms. The van der Waals surface area contributed by atoms with Crippen LogP contribution in [0.1, 0.15) is 5.56 Å². The third-order valence-electron chi connectivity index (χ3n) is 3.26. The normalized spacial score (nSPS) is 15.9. The maximum atomic E-state index is 5.35. The van der Waals surface area contributed by atoms with Gasteiger partial charge >= 0.3 is 0 Å². The molecule has 4 nitrogen and oxygen atoms in total. The topological polar surface area (TPSA) is 41.1 Å². The predicted octanol–water partition coefficient (Wildman–Crippen LogP) is 2.22. The summed E-state index contributed by atoms with van der Waals surface area (Å²) in [7, 11) is 0. The van der Waals surface area contributed by atoms with Crippen LogP contribution in [-0.2, 0) is 4.74 Å². The Morgan fingerprint density at radius 2 is 1.89 bits per heavy atom. The number of nitrogens with zero attached hydrogens (tertiary/aromatic N) is 2. The van der Waals surface area contributed by atoms with Crippen molar-refractivity contribution >= 4 is 5.82 Å². The monoisotopic (exact) mass is 243 g/mol. The van der Waals surface area contributed by atoms with Crippen LogP contribution in [0.3, 0.4) is 0 Å². The number of hydrogen-bond donors (Lipinski definition) is 1. The van der Waals surface area contributed by atoms with Crippen molar-refractivity contribution in [1.29, 1.82) is 0 Å². The molecule has 0 atom stereocenters. The molecule has 4 heteroatoms. The number of H-pyrrole nitrogens is 1. The molecule has 1 saturated heterocycles. The van der Waals surface area contributed by atoms with Crippen LogP contribution in [-0.4, -0.2) is 36.5 Å². The van der Waals surface area contributed by atoms with Gasteiger partial charge in [-0.05, 0) is 12.5 Å². The standard InChI is InChI=1S/C14H17N3O/c1-11-2-4-12(5-3-11)13-10-14(16-15-13)17-6-8-18-9-7-17/h2-5,10H,6-9H2,1H3,(H,15,16). The Labute approximate surface area is 107 Å². The summed E-state index contributed by atoms with van der Waals surface area (Å²) in [5, 5.41) is 7.49. The summed E-state index contributed by atoms with van der Waals surface area (Å²) in [6, 6.07) is 10.6. The highest BCUT2D eigenvalue weighted by Gasteiger charge is 2.14. The van der Waals surface area contributed by atoms with Crippen LogP contribution in [0.2, 0.25) is 0 Å². The van der Waals surface area contributed by atoms with E-state index in [4.69, 9.17) is 4.74 Å². The van der Waals surface area contributed by atoms with E-state index in [1.165, 1.54) is 11.1 Å². The number of aromatic amines is 1. The van der Waals surface area contributed by atoms with E-state index in [1.807, 2.05) is 0 Å². The zero-order chi connectivity index (χ0) is 12.4. The number of rotatable bonds is 2. The molecule has 1 aromatic carbocycles. The lowest BCUT2D eigenvalue weighted by atomic mass is 10.1. The van der Waals surface area contributed by atoms with Crippen molar-refractivity contribution in [3.63, 3.8) is 0 Å². The van der Waals surface area contributed by atoms with E-state index in [0.29, 0.717) is 0 Å². The molecule has 0 amide bonds. The van der Waals surface area contributed by atoms with Crippen LogP contribution < -0.4 is 4.90 Å². The number of benzene rings is 1. The molecule has 0 aliphatic carbocycles. The zero-order valence-corrected chi connectivity index (χ0v) is 10.5. The molecule has 2 aromatic rings. The van der Waals surface area contributed by atoms with Gasteiger partial charge in [0, 0.05) is 19.2 Å². The average Bonchev–Trinajstić information content (AvgIpc) is 2.90. The molecule has 1 aromatic heterocycles. The van der Waals surface area contributed by atoms with Gasteiger partial charge in [0.05, 0.1) is 18.9 Å². The van der Waals surface area contributed by atoms with Gasteiger partial charge in [-0.25, -0.2) is 0 Å². The SMILES string of the molecule is Cc1ccc(-c2cc(N3CCOCC3)n[nH]2)cc1. The number of aromatic nitrogens is 2. The molecule has 0 radical (unpaired) electrons. The van der Waals surface area contributed by atoms with Gasteiger partial charge in [0.15, 0.2) is 5.82 Å². The Hall–Kier alpha value is -1.81. The van der Waals surface area contributed by atoms with E-state index >= 15 is 0 Å². The van der Waals surface area contributed by atoms with Gasteiger partial charge in [0.1, 0.15) is 0 Å². The van der Waals surface area contributed by atoms with E-state index in [0.717, 1.165) is 37.8 Å². The van der Waals surface area contributed by atoms with Crippen molar-refractivity contribution in [3.8, 4) is 11.3 Å². The van der Waals surface area contributed by atoms with Crippen molar-refractivity contribution in [2.24, 2.45) is 0 Å². The third kappa shape index (κ3) is 2.24. The largest absolute Gasteiger partial charge is 0.378 e. The number of hydrogen-bond acceptors (Lipinski definition) is 3. The van der Waals surface area contributed by atoms with E-state index in [2.05, 4.69) is 52.4 Å². The summed E-state index contributed by atoms with van der Waals surface area (Å²) < 4.78 is 5.35. The van der Waals surface area contributed by atoms with E-state index in [-0.39, 0.29) is 0 Å². The zero-order valence-electron chi connectivity index (χ0n) is 10.5. The number of morpholine rings is 1. The fourth-order valence-corrected chi connectivity index (χ4v) is 2.15. The summed E-state index contributed by atoms with van der Waals surface area (Å²) in [5.41, 5.74) is 3.51.